The third kappa shape index (κ3) is 2.81. The number of benzene rings is 1. The number of hydrogen-bond acceptors (Lipinski definition) is 3. The fourth-order valence-corrected chi connectivity index (χ4v) is 3.54. The summed E-state index contributed by atoms with van der Waals surface area (Å²) in [5.41, 5.74) is 8.38. The molecule has 2 heterocycles. The molecule has 1 amide bonds. The van der Waals surface area contributed by atoms with E-state index in [9.17, 15) is 4.79 Å². The number of rotatable bonds is 3. The van der Waals surface area contributed by atoms with E-state index < -0.39 is 0 Å². The van der Waals surface area contributed by atoms with Crippen molar-refractivity contribution in [2.45, 2.75) is 25.2 Å². The Kier molecular flexibility index (Phi) is 3.74. The molecule has 2 N–H and O–H groups in total. The first-order chi connectivity index (χ1) is 11.2. The quantitative estimate of drug-likeness (QED) is 0.940. The van der Waals surface area contributed by atoms with Crippen LogP contribution in [0.3, 0.4) is 0 Å². The average molecular weight is 330 g/mol. The summed E-state index contributed by atoms with van der Waals surface area (Å²) in [6.45, 7) is 2.17. The first-order valence-corrected chi connectivity index (χ1v) is 8.63. The van der Waals surface area contributed by atoms with E-state index >= 15 is 0 Å². The van der Waals surface area contributed by atoms with E-state index in [-0.39, 0.29) is 5.91 Å². The molecule has 2 aliphatic rings. The van der Waals surface area contributed by atoms with E-state index in [0.717, 1.165) is 41.7 Å². The molecular weight excluding hydrogens is 310 g/mol. The van der Waals surface area contributed by atoms with Crippen LogP contribution in [-0.4, -0.2) is 35.4 Å². The fourth-order valence-electron chi connectivity index (χ4n) is 3.36. The Bertz CT molecular complexity index is 772. The maximum atomic E-state index is 13.0. The highest BCUT2D eigenvalue weighted by molar-refractivity contribution is 6.31. The van der Waals surface area contributed by atoms with Crippen molar-refractivity contribution in [2.75, 3.05) is 19.6 Å². The number of pyridine rings is 1. The largest absolute Gasteiger partial charge is 0.338 e. The van der Waals surface area contributed by atoms with Gasteiger partial charge in [-0.3, -0.25) is 9.78 Å². The summed E-state index contributed by atoms with van der Waals surface area (Å²) in [5, 5.41) is 1.48. The number of carbonyl (C=O) groups excluding carboxylic acids is 1. The zero-order valence-corrected chi connectivity index (χ0v) is 13.7. The van der Waals surface area contributed by atoms with E-state index in [4.69, 9.17) is 22.3 Å². The molecule has 0 spiro atoms. The van der Waals surface area contributed by atoms with Gasteiger partial charge in [0.2, 0.25) is 0 Å². The van der Waals surface area contributed by atoms with Gasteiger partial charge in [0.15, 0.2) is 0 Å². The van der Waals surface area contributed by atoms with E-state index in [0.29, 0.717) is 23.4 Å². The molecule has 1 saturated carbocycles. The summed E-state index contributed by atoms with van der Waals surface area (Å²) in [6, 6.07) is 7.58. The van der Waals surface area contributed by atoms with Gasteiger partial charge in [-0.05, 0) is 56.0 Å². The molecule has 0 radical (unpaired) electrons. The molecule has 2 aromatic rings. The Balaban J connectivity index is 1.77. The summed E-state index contributed by atoms with van der Waals surface area (Å²) in [6.07, 6.45) is 3.32. The van der Waals surface area contributed by atoms with Crippen molar-refractivity contribution < 1.29 is 4.79 Å². The summed E-state index contributed by atoms with van der Waals surface area (Å²) < 4.78 is 0. The molecule has 1 saturated heterocycles. The van der Waals surface area contributed by atoms with Crippen molar-refractivity contribution in [3.8, 4) is 0 Å². The Morgan fingerprint density at radius 3 is 2.83 bits per heavy atom. The number of halogens is 1. The highest BCUT2D eigenvalue weighted by Crippen LogP contribution is 2.40. The number of hydrogen-bond donors (Lipinski definition) is 1. The molecule has 120 valence electrons. The third-order valence-electron chi connectivity index (χ3n) is 4.92. The van der Waals surface area contributed by atoms with Crippen LogP contribution in [0.5, 0.6) is 0 Å². The van der Waals surface area contributed by atoms with Gasteiger partial charge in [-0.2, -0.15) is 0 Å². The first-order valence-electron chi connectivity index (χ1n) is 8.25. The highest BCUT2D eigenvalue weighted by Gasteiger charge is 2.30. The van der Waals surface area contributed by atoms with Crippen molar-refractivity contribution in [3.05, 3.63) is 40.5 Å². The molecule has 0 unspecified atom stereocenters. The smallest absolute Gasteiger partial charge is 0.254 e. The third-order valence-corrected chi connectivity index (χ3v) is 5.16. The van der Waals surface area contributed by atoms with Crippen molar-refractivity contribution >= 4 is 28.4 Å². The van der Waals surface area contributed by atoms with Crippen LogP contribution in [0.25, 0.3) is 10.9 Å². The second-order valence-electron chi connectivity index (χ2n) is 6.67. The van der Waals surface area contributed by atoms with Crippen LogP contribution in [0.1, 0.15) is 41.2 Å². The van der Waals surface area contributed by atoms with Crippen LogP contribution in [0.15, 0.2) is 24.3 Å². The predicted octanol–water partition coefficient (Wildman–Crippen LogP) is 3.19. The molecule has 1 aromatic carbocycles. The number of fused-ring (bicyclic) bond motifs is 1. The minimum Gasteiger partial charge on any atom is -0.338 e. The monoisotopic (exact) mass is 329 g/mol. The minimum absolute atomic E-state index is 0.0810. The number of likely N-dealkylation sites (tertiary alicyclic amines) is 1. The first kappa shape index (κ1) is 14.9. The molecule has 23 heavy (non-hydrogen) atoms. The summed E-state index contributed by atoms with van der Waals surface area (Å²) in [4.78, 5) is 19.7. The molecule has 1 aliphatic carbocycles. The molecule has 1 aliphatic heterocycles. The molecule has 4 nitrogen and oxygen atoms in total. The summed E-state index contributed by atoms with van der Waals surface area (Å²) >= 11 is 6.15. The Labute approximate surface area is 140 Å². The van der Waals surface area contributed by atoms with Crippen molar-refractivity contribution in [3.63, 3.8) is 0 Å². The molecule has 1 atom stereocenters. The van der Waals surface area contributed by atoms with E-state index in [1.165, 1.54) is 12.8 Å². The molecule has 4 rings (SSSR count). The SMILES string of the molecule is NC[C@@H]1CCN(C(=O)c2cc(C3CC3)nc3ccc(Cl)cc23)C1. The zero-order valence-electron chi connectivity index (χ0n) is 13.0. The number of nitrogens with zero attached hydrogens (tertiary/aromatic N) is 2. The molecule has 5 heteroatoms. The Morgan fingerprint density at radius 1 is 1.30 bits per heavy atom. The van der Waals surface area contributed by atoms with Crippen LogP contribution < -0.4 is 5.73 Å². The lowest BCUT2D eigenvalue weighted by molar-refractivity contribution is 0.0789. The van der Waals surface area contributed by atoms with Crippen molar-refractivity contribution in [2.24, 2.45) is 11.7 Å². The fraction of sp³-hybridized carbons (Fsp3) is 0.444. The molecule has 0 bridgehead atoms. The van der Waals surface area contributed by atoms with Crippen molar-refractivity contribution in [1.82, 2.24) is 9.88 Å². The van der Waals surface area contributed by atoms with Gasteiger partial charge < -0.3 is 10.6 Å². The maximum absolute atomic E-state index is 13.0. The number of carbonyl (C=O) groups is 1. The molecule has 1 aromatic heterocycles. The van der Waals surface area contributed by atoms with E-state index in [2.05, 4.69) is 0 Å². The van der Waals surface area contributed by atoms with Gasteiger partial charge in [0.1, 0.15) is 0 Å². The standard InChI is InChI=1S/C18H20ClN3O/c19-13-3-4-16-14(7-13)15(8-17(21-16)12-1-2-12)18(23)22-6-5-11(9-20)10-22/h3-4,7-8,11-12H,1-2,5-6,9-10,20H2/t11-/m0/s1. The van der Waals surface area contributed by atoms with Gasteiger partial charge in [0, 0.05) is 35.1 Å². The second-order valence-corrected chi connectivity index (χ2v) is 7.11. The normalized spacial score (nSPS) is 21.1. The topological polar surface area (TPSA) is 59.2 Å². The molecule has 2 fully saturated rings. The highest BCUT2D eigenvalue weighted by atomic mass is 35.5. The summed E-state index contributed by atoms with van der Waals surface area (Å²) in [5.74, 6) is 1.01. The summed E-state index contributed by atoms with van der Waals surface area (Å²) in [7, 11) is 0. The number of aromatic nitrogens is 1. The maximum Gasteiger partial charge on any atom is 0.254 e. The van der Waals surface area contributed by atoms with Gasteiger partial charge in [-0.15, -0.1) is 0 Å². The van der Waals surface area contributed by atoms with Gasteiger partial charge in [-0.25, -0.2) is 0 Å². The van der Waals surface area contributed by atoms with Crippen LogP contribution >= 0.6 is 11.6 Å². The van der Waals surface area contributed by atoms with Crippen LogP contribution in [0, 0.1) is 5.92 Å². The zero-order chi connectivity index (χ0) is 16.0. The van der Waals surface area contributed by atoms with Gasteiger partial charge >= 0.3 is 0 Å². The lowest BCUT2D eigenvalue weighted by Gasteiger charge is -2.18. The van der Waals surface area contributed by atoms with Gasteiger partial charge in [0.05, 0.1) is 11.1 Å². The predicted molar refractivity (Wildman–Crippen MR) is 91.8 cm³/mol. The lowest BCUT2D eigenvalue weighted by Crippen LogP contribution is -2.30. The number of amides is 1. The number of nitrogens with two attached hydrogens (primary N) is 1. The van der Waals surface area contributed by atoms with E-state index in [1.54, 1.807) is 0 Å². The lowest BCUT2D eigenvalue weighted by atomic mass is 10.0. The second kappa shape index (κ2) is 5.77. The Hall–Kier alpha value is -1.65. The van der Waals surface area contributed by atoms with E-state index in [1.807, 2.05) is 29.2 Å². The van der Waals surface area contributed by atoms with Gasteiger partial charge in [-0.1, -0.05) is 11.6 Å². The minimum atomic E-state index is 0.0810. The van der Waals surface area contributed by atoms with Crippen LogP contribution in [-0.2, 0) is 0 Å². The van der Waals surface area contributed by atoms with Crippen LogP contribution in [0.2, 0.25) is 5.02 Å². The Morgan fingerprint density at radius 2 is 2.13 bits per heavy atom. The van der Waals surface area contributed by atoms with Crippen molar-refractivity contribution in [1.29, 1.82) is 0 Å². The average Bonchev–Trinajstić information content (AvgIpc) is 3.30. The molecular formula is C18H20ClN3O. The van der Waals surface area contributed by atoms with Crippen LogP contribution in [0.4, 0.5) is 0 Å². The van der Waals surface area contributed by atoms with Gasteiger partial charge in [0.25, 0.3) is 5.91 Å².